The molecule has 1 aliphatic rings. The van der Waals surface area contributed by atoms with E-state index in [9.17, 15) is 9.59 Å². The number of anilines is 1. The minimum absolute atomic E-state index is 0.118. The van der Waals surface area contributed by atoms with Gasteiger partial charge in [0.1, 0.15) is 18.1 Å². The largest absolute Gasteiger partial charge is 0.495 e. The zero-order valence-electron chi connectivity index (χ0n) is 19.6. The molecular weight excluding hydrogens is 436 g/mol. The molecule has 0 bridgehead atoms. The minimum Gasteiger partial charge on any atom is -0.495 e. The summed E-state index contributed by atoms with van der Waals surface area (Å²) in [7, 11) is 4.82. The average molecular weight is 467 g/mol. The average Bonchev–Trinajstić information content (AvgIpc) is 2.87. The second-order valence-corrected chi connectivity index (χ2v) is 7.92. The second kappa shape index (κ2) is 11.3. The summed E-state index contributed by atoms with van der Waals surface area (Å²) in [5.74, 6) is 0.361. The SMILES string of the molecule is COCCN(C)C(=O)c1ccc2c(c1)CC(C(=O)Nc1ccc(/C(C=N)=C/N)cc1OC)CO2. The fourth-order valence-electron chi connectivity index (χ4n) is 3.68. The number of benzene rings is 2. The van der Waals surface area contributed by atoms with Gasteiger partial charge < -0.3 is 35.6 Å². The number of amides is 2. The van der Waals surface area contributed by atoms with E-state index in [1.54, 1.807) is 55.5 Å². The predicted molar refractivity (Wildman–Crippen MR) is 131 cm³/mol. The van der Waals surface area contributed by atoms with Crippen molar-refractivity contribution in [2.24, 2.45) is 11.7 Å². The smallest absolute Gasteiger partial charge is 0.253 e. The highest BCUT2D eigenvalue weighted by molar-refractivity contribution is 6.08. The van der Waals surface area contributed by atoms with Gasteiger partial charge in [0.05, 0.1) is 25.3 Å². The summed E-state index contributed by atoms with van der Waals surface area (Å²) in [6.45, 7) is 1.17. The molecule has 1 aliphatic heterocycles. The Morgan fingerprint density at radius 3 is 2.68 bits per heavy atom. The summed E-state index contributed by atoms with van der Waals surface area (Å²) < 4.78 is 16.3. The quantitative estimate of drug-likeness (QED) is 0.488. The Morgan fingerprint density at radius 2 is 2.00 bits per heavy atom. The molecule has 1 heterocycles. The van der Waals surface area contributed by atoms with E-state index in [4.69, 9.17) is 25.4 Å². The minimum atomic E-state index is -0.436. The van der Waals surface area contributed by atoms with Gasteiger partial charge in [-0.25, -0.2) is 0 Å². The first-order valence-electron chi connectivity index (χ1n) is 10.8. The van der Waals surface area contributed by atoms with Crippen molar-refractivity contribution < 1.29 is 23.8 Å². The molecule has 2 aromatic carbocycles. The molecular formula is C25H30N4O5. The molecule has 2 amide bonds. The second-order valence-electron chi connectivity index (χ2n) is 7.92. The number of nitrogens with zero attached hydrogens (tertiary/aromatic N) is 1. The van der Waals surface area contributed by atoms with Crippen LogP contribution in [0, 0.1) is 11.3 Å². The summed E-state index contributed by atoms with van der Waals surface area (Å²) >= 11 is 0. The zero-order chi connectivity index (χ0) is 24.7. The van der Waals surface area contributed by atoms with Crippen LogP contribution in [-0.4, -0.2) is 64.0 Å². The number of ether oxygens (including phenoxy) is 3. The first-order valence-corrected chi connectivity index (χ1v) is 10.8. The van der Waals surface area contributed by atoms with E-state index in [0.29, 0.717) is 53.5 Å². The van der Waals surface area contributed by atoms with Crippen molar-refractivity contribution in [1.29, 1.82) is 5.41 Å². The summed E-state index contributed by atoms with van der Waals surface area (Å²) in [6, 6.07) is 10.5. The third-order valence-electron chi connectivity index (χ3n) is 5.69. The van der Waals surface area contributed by atoms with Gasteiger partial charge in [-0.3, -0.25) is 9.59 Å². The van der Waals surface area contributed by atoms with Crippen molar-refractivity contribution in [3.63, 3.8) is 0 Å². The zero-order valence-corrected chi connectivity index (χ0v) is 19.6. The molecule has 1 atom stereocenters. The number of fused-ring (bicyclic) bond motifs is 1. The van der Waals surface area contributed by atoms with Crippen LogP contribution in [0.15, 0.2) is 42.6 Å². The maximum Gasteiger partial charge on any atom is 0.253 e. The molecule has 9 heteroatoms. The monoisotopic (exact) mass is 466 g/mol. The van der Waals surface area contributed by atoms with Crippen LogP contribution in [0.25, 0.3) is 5.57 Å². The highest BCUT2D eigenvalue weighted by atomic mass is 16.5. The molecule has 1 unspecified atom stereocenters. The first-order chi connectivity index (χ1) is 16.4. The van der Waals surface area contributed by atoms with Gasteiger partial charge in [-0.2, -0.15) is 0 Å². The van der Waals surface area contributed by atoms with Crippen LogP contribution in [0.5, 0.6) is 11.5 Å². The van der Waals surface area contributed by atoms with Crippen LogP contribution in [0.3, 0.4) is 0 Å². The molecule has 0 aliphatic carbocycles. The number of allylic oxidation sites excluding steroid dienone is 1. The van der Waals surface area contributed by atoms with Crippen molar-refractivity contribution in [1.82, 2.24) is 4.90 Å². The van der Waals surface area contributed by atoms with E-state index in [1.165, 1.54) is 13.3 Å². The molecule has 3 rings (SSSR count). The van der Waals surface area contributed by atoms with E-state index in [0.717, 1.165) is 11.8 Å². The lowest BCUT2D eigenvalue weighted by Gasteiger charge is -2.26. The summed E-state index contributed by atoms with van der Waals surface area (Å²) in [5.41, 5.74) is 8.65. The molecule has 4 N–H and O–H groups in total. The highest BCUT2D eigenvalue weighted by Gasteiger charge is 2.28. The number of carbonyl (C=O) groups is 2. The molecule has 2 aromatic rings. The standard InChI is InChI=1S/C25H30N4O5/c1-29(8-9-32-2)25(31)17-5-7-22-18(10-17)11-19(15-34-22)24(30)28-21-6-4-16(12-23(21)33-3)20(13-26)14-27/h4-7,10,12-14,19,26H,8-9,11,15,27H2,1-3H3,(H,28,30)/b20-14+,26-13?. The summed E-state index contributed by atoms with van der Waals surface area (Å²) in [6.07, 6.45) is 2.93. The lowest BCUT2D eigenvalue weighted by molar-refractivity contribution is -0.121. The molecule has 0 aromatic heterocycles. The number of nitrogens with two attached hydrogens (primary N) is 1. The number of methoxy groups -OCH3 is 2. The van der Waals surface area contributed by atoms with E-state index in [1.807, 2.05) is 0 Å². The molecule has 9 nitrogen and oxygen atoms in total. The van der Waals surface area contributed by atoms with Crippen molar-refractivity contribution in [3.05, 3.63) is 59.3 Å². The van der Waals surface area contributed by atoms with E-state index in [2.05, 4.69) is 5.32 Å². The highest BCUT2D eigenvalue weighted by Crippen LogP contribution is 2.32. The Morgan fingerprint density at radius 1 is 1.24 bits per heavy atom. The maximum absolute atomic E-state index is 13.0. The number of likely N-dealkylation sites (N-methyl/N-ethyl adjacent to an activating group) is 1. The molecule has 0 saturated carbocycles. The van der Waals surface area contributed by atoms with Crippen LogP contribution < -0.4 is 20.5 Å². The predicted octanol–water partition coefficient (Wildman–Crippen LogP) is 2.55. The van der Waals surface area contributed by atoms with Crippen molar-refractivity contribution in [3.8, 4) is 11.5 Å². The van der Waals surface area contributed by atoms with E-state index in [-0.39, 0.29) is 18.4 Å². The Labute approximate surface area is 199 Å². The van der Waals surface area contributed by atoms with Gasteiger partial charge >= 0.3 is 0 Å². The molecule has 0 saturated heterocycles. The van der Waals surface area contributed by atoms with Gasteiger partial charge in [-0.05, 0) is 47.9 Å². The molecule has 180 valence electrons. The van der Waals surface area contributed by atoms with Crippen LogP contribution >= 0.6 is 0 Å². The van der Waals surface area contributed by atoms with Gasteiger partial charge in [-0.15, -0.1) is 0 Å². The maximum atomic E-state index is 13.0. The number of hydrogen-bond donors (Lipinski definition) is 3. The van der Waals surface area contributed by atoms with Crippen LogP contribution in [-0.2, 0) is 16.0 Å². The number of rotatable bonds is 9. The van der Waals surface area contributed by atoms with Crippen molar-refractivity contribution in [2.75, 3.05) is 46.3 Å². The first kappa shape index (κ1) is 24.8. The fourth-order valence-corrected chi connectivity index (χ4v) is 3.68. The van der Waals surface area contributed by atoms with E-state index >= 15 is 0 Å². The Kier molecular flexibility index (Phi) is 8.26. The van der Waals surface area contributed by atoms with Gasteiger partial charge in [-0.1, -0.05) is 6.07 Å². The van der Waals surface area contributed by atoms with Crippen molar-refractivity contribution >= 4 is 29.3 Å². The van der Waals surface area contributed by atoms with E-state index < -0.39 is 5.92 Å². The van der Waals surface area contributed by atoms with Crippen LogP contribution in [0.2, 0.25) is 0 Å². The third-order valence-corrected chi connectivity index (χ3v) is 5.69. The van der Waals surface area contributed by atoms with Gasteiger partial charge in [0, 0.05) is 44.3 Å². The Bertz CT molecular complexity index is 1100. The van der Waals surface area contributed by atoms with Crippen molar-refractivity contribution in [2.45, 2.75) is 6.42 Å². The van der Waals surface area contributed by atoms with Crippen LogP contribution in [0.1, 0.15) is 21.5 Å². The molecule has 0 radical (unpaired) electrons. The lowest BCUT2D eigenvalue weighted by Crippen LogP contribution is -2.33. The number of nitrogens with one attached hydrogen (secondary N) is 2. The number of carbonyl (C=O) groups excluding carboxylic acids is 2. The lowest BCUT2D eigenvalue weighted by atomic mass is 9.94. The number of hydrogen-bond acceptors (Lipinski definition) is 7. The van der Waals surface area contributed by atoms with Gasteiger partial charge in [0.25, 0.3) is 5.91 Å². The molecule has 0 fully saturated rings. The molecule has 34 heavy (non-hydrogen) atoms. The third kappa shape index (κ3) is 5.55. The summed E-state index contributed by atoms with van der Waals surface area (Å²) in [5, 5.41) is 10.4. The van der Waals surface area contributed by atoms with Gasteiger partial charge in [0.2, 0.25) is 5.91 Å². The summed E-state index contributed by atoms with van der Waals surface area (Å²) in [4.78, 5) is 27.3. The fraction of sp³-hybridized carbons (Fsp3) is 0.320. The Hall–Kier alpha value is -3.85. The van der Waals surface area contributed by atoms with Gasteiger partial charge in [0.15, 0.2) is 0 Å². The Balaban J connectivity index is 1.73. The normalized spacial score (nSPS) is 15.0. The molecule has 0 spiro atoms. The topological polar surface area (TPSA) is 127 Å². The van der Waals surface area contributed by atoms with Crippen LogP contribution in [0.4, 0.5) is 5.69 Å².